The fourth-order valence-corrected chi connectivity index (χ4v) is 5.20. The molecule has 2 amide bonds. The molecule has 0 aliphatic carbocycles. The van der Waals surface area contributed by atoms with Gasteiger partial charge in [-0.05, 0) is 48.0 Å². The monoisotopic (exact) mass is 502 g/mol. The lowest BCUT2D eigenvalue weighted by Gasteiger charge is -2.23. The third-order valence-electron chi connectivity index (χ3n) is 5.95. The number of halogens is 1. The molecule has 0 saturated heterocycles. The van der Waals surface area contributed by atoms with Gasteiger partial charge in [0.2, 0.25) is 5.91 Å². The Kier molecular flexibility index (Phi) is 6.81. The van der Waals surface area contributed by atoms with Crippen molar-refractivity contribution in [2.45, 2.75) is 24.1 Å². The summed E-state index contributed by atoms with van der Waals surface area (Å²) in [6.45, 7) is 0. The van der Waals surface area contributed by atoms with Crippen molar-refractivity contribution in [1.29, 1.82) is 0 Å². The molecule has 182 valence electrons. The van der Waals surface area contributed by atoms with Gasteiger partial charge < -0.3 is 10.1 Å². The number of rotatable bonds is 6. The lowest BCUT2D eigenvalue weighted by Crippen LogP contribution is -2.25. The standard InChI is InChI=1S/C27H23FN4O3S/c1-35-19-13-11-17(12-14-19)22-15-23(20-9-5-6-10-21(20)28)32(31-22)27-30-26(34)24(36-27)16-25(33)29-18-7-3-2-4-8-18/h2-14,23-24H,15-16H2,1H3,(H,29,33)/t23-,24+/m0/s1. The van der Waals surface area contributed by atoms with E-state index in [4.69, 9.17) is 9.84 Å². The van der Waals surface area contributed by atoms with Gasteiger partial charge in [0.15, 0.2) is 5.17 Å². The number of carbonyl (C=O) groups excluding carboxylic acids is 2. The summed E-state index contributed by atoms with van der Waals surface area (Å²) >= 11 is 1.18. The Morgan fingerprint density at radius 1 is 1.08 bits per heavy atom. The lowest BCUT2D eigenvalue weighted by molar-refractivity contribution is -0.121. The molecule has 3 aromatic rings. The minimum Gasteiger partial charge on any atom is -0.497 e. The number of nitrogens with zero attached hydrogens (tertiary/aromatic N) is 3. The SMILES string of the molecule is COc1ccc(C2=NN(C3=NC(=O)[C@@H](CC(=O)Nc4ccccc4)S3)[C@H](c3ccccc3F)C2)cc1. The molecule has 0 unspecified atom stereocenters. The summed E-state index contributed by atoms with van der Waals surface area (Å²) in [6.07, 6.45) is 0.402. The summed E-state index contributed by atoms with van der Waals surface area (Å²) in [5.74, 6) is -0.318. The van der Waals surface area contributed by atoms with Gasteiger partial charge in [-0.25, -0.2) is 9.40 Å². The summed E-state index contributed by atoms with van der Waals surface area (Å²) in [4.78, 5) is 29.5. The normalized spacial score (nSPS) is 19.2. The zero-order chi connectivity index (χ0) is 25.1. The van der Waals surface area contributed by atoms with Crippen molar-refractivity contribution in [2.75, 3.05) is 12.4 Å². The molecular weight excluding hydrogens is 479 g/mol. The molecule has 7 nitrogen and oxygen atoms in total. The third-order valence-corrected chi connectivity index (χ3v) is 7.09. The highest BCUT2D eigenvalue weighted by molar-refractivity contribution is 8.15. The molecule has 0 spiro atoms. The number of hydrogen-bond donors (Lipinski definition) is 1. The van der Waals surface area contributed by atoms with Crippen LogP contribution in [0.15, 0.2) is 89.0 Å². The summed E-state index contributed by atoms with van der Waals surface area (Å²) < 4.78 is 20.0. The van der Waals surface area contributed by atoms with Gasteiger partial charge in [0.05, 0.1) is 18.9 Å². The number of methoxy groups -OCH3 is 1. The van der Waals surface area contributed by atoms with Crippen LogP contribution in [0, 0.1) is 5.82 Å². The molecule has 3 aromatic carbocycles. The van der Waals surface area contributed by atoms with E-state index in [2.05, 4.69) is 10.3 Å². The first-order valence-electron chi connectivity index (χ1n) is 11.4. The van der Waals surface area contributed by atoms with Crippen molar-refractivity contribution in [2.24, 2.45) is 10.1 Å². The minimum absolute atomic E-state index is 0.0291. The molecule has 2 heterocycles. The van der Waals surface area contributed by atoms with Crippen molar-refractivity contribution in [3.63, 3.8) is 0 Å². The van der Waals surface area contributed by atoms with Gasteiger partial charge in [-0.3, -0.25) is 9.59 Å². The van der Waals surface area contributed by atoms with E-state index in [0.29, 0.717) is 22.8 Å². The second-order valence-corrected chi connectivity index (χ2v) is 9.49. The molecule has 2 atom stereocenters. The van der Waals surface area contributed by atoms with Gasteiger partial charge in [0, 0.05) is 24.1 Å². The Morgan fingerprint density at radius 3 is 2.53 bits per heavy atom. The number of anilines is 1. The molecule has 0 radical (unpaired) electrons. The van der Waals surface area contributed by atoms with Crippen LogP contribution in [-0.4, -0.2) is 40.1 Å². The van der Waals surface area contributed by atoms with Gasteiger partial charge >= 0.3 is 0 Å². The number of para-hydroxylation sites is 1. The van der Waals surface area contributed by atoms with Gasteiger partial charge in [-0.15, -0.1) is 0 Å². The third kappa shape index (κ3) is 5.01. The van der Waals surface area contributed by atoms with Gasteiger partial charge in [0.1, 0.15) is 16.8 Å². The largest absolute Gasteiger partial charge is 0.497 e. The number of carbonyl (C=O) groups is 2. The van der Waals surface area contributed by atoms with Crippen LogP contribution in [0.1, 0.15) is 30.0 Å². The Bertz CT molecular complexity index is 1340. The summed E-state index contributed by atoms with van der Waals surface area (Å²) in [7, 11) is 1.60. The molecule has 0 aromatic heterocycles. The summed E-state index contributed by atoms with van der Waals surface area (Å²) in [5, 5.41) is 8.83. The van der Waals surface area contributed by atoms with E-state index in [1.165, 1.54) is 17.8 Å². The number of aliphatic imine (C=N–C) groups is 1. The first kappa shape index (κ1) is 23.7. The highest BCUT2D eigenvalue weighted by atomic mass is 32.2. The average Bonchev–Trinajstić information content (AvgIpc) is 3.49. The highest BCUT2D eigenvalue weighted by Gasteiger charge is 2.39. The molecule has 0 saturated carbocycles. The number of benzene rings is 3. The van der Waals surface area contributed by atoms with E-state index in [1.54, 1.807) is 42.5 Å². The maximum absolute atomic E-state index is 14.8. The Labute approximate surface area is 212 Å². The zero-order valence-corrected chi connectivity index (χ0v) is 20.2. The van der Waals surface area contributed by atoms with E-state index < -0.39 is 17.2 Å². The fraction of sp³-hybridized carbons (Fsp3) is 0.185. The predicted molar refractivity (Wildman–Crippen MR) is 139 cm³/mol. The molecule has 0 fully saturated rings. The second-order valence-electron chi connectivity index (χ2n) is 8.32. The van der Waals surface area contributed by atoms with Gasteiger partial charge in [-0.2, -0.15) is 10.1 Å². The van der Waals surface area contributed by atoms with Crippen molar-refractivity contribution < 1.29 is 18.7 Å². The van der Waals surface area contributed by atoms with Crippen LogP contribution in [0.2, 0.25) is 0 Å². The van der Waals surface area contributed by atoms with Crippen LogP contribution < -0.4 is 10.1 Å². The fourth-order valence-electron chi connectivity index (χ4n) is 4.14. The maximum atomic E-state index is 14.8. The molecule has 2 aliphatic rings. The van der Waals surface area contributed by atoms with Crippen molar-refractivity contribution >= 4 is 40.1 Å². The molecule has 9 heteroatoms. The number of nitrogens with one attached hydrogen (secondary N) is 1. The highest BCUT2D eigenvalue weighted by Crippen LogP contribution is 2.39. The Balaban J connectivity index is 1.37. The van der Waals surface area contributed by atoms with Crippen molar-refractivity contribution in [3.8, 4) is 5.75 Å². The average molecular weight is 503 g/mol. The summed E-state index contributed by atoms with van der Waals surface area (Å²) in [5.41, 5.74) is 2.73. The smallest absolute Gasteiger partial charge is 0.262 e. The molecule has 36 heavy (non-hydrogen) atoms. The Morgan fingerprint density at radius 2 is 1.81 bits per heavy atom. The number of hydrogen-bond acceptors (Lipinski definition) is 6. The van der Waals surface area contributed by atoms with Crippen molar-refractivity contribution in [1.82, 2.24) is 5.01 Å². The predicted octanol–water partition coefficient (Wildman–Crippen LogP) is 5.01. The second kappa shape index (κ2) is 10.3. The van der Waals surface area contributed by atoms with E-state index in [-0.39, 0.29) is 18.1 Å². The van der Waals surface area contributed by atoms with Crippen LogP contribution in [0.5, 0.6) is 5.75 Å². The topological polar surface area (TPSA) is 83.4 Å². The van der Waals surface area contributed by atoms with Crippen LogP contribution in [0.3, 0.4) is 0 Å². The van der Waals surface area contributed by atoms with Crippen LogP contribution in [0.25, 0.3) is 0 Å². The van der Waals surface area contributed by atoms with E-state index in [9.17, 15) is 14.0 Å². The number of thioether (sulfide) groups is 1. The minimum atomic E-state index is -0.676. The molecule has 1 N–H and O–H groups in total. The summed E-state index contributed by atoms with van der Waals surface area (Å²) in [6, 6.07) is 22.6. The first-order valence-corrected chi connectivity index (χ1v) is 12.3. The van der Waals surface area contributed by atoms with Crippen LogP contribution >= 0.6 is 11.8 Å². The van der Waals surface area contributed by atoms with Gasteiger partial charge in [-0.1, -0.05) is 48.2 Å². The lowest BCUT2D eigenvalue weighted by atomic mass is 9.98. The number of amidine groups is 1. The molecule has 2 aliphatic heterocycles. The number of ether oxygens (including phenoxy) is 1. The number of hydrazone groups is 1. The quantitative estimate of drug-likeness (QED) is 0.512. The van der Waals surface area contributed by atoms with Crippen LogP contribution in [-0.2, 0) is 9.59 Å². The van der Waals surface area contributed by atoms with Gasteiger partial charge in [0.25, 0.3) is 5.91 Å². The van der Waals surface area contributed by atoms with Crippen molar-refractivity contribution in [3.05, 3.63) is 95.8 Å². The molecule has 0 bridgehead atoms. The molecule has 5 rings (SSSR count). The van der Waals surface area contributed by atoms with E-state index in [1.807, 2.05) is 42.5 Å². The van der Waals surface area contributed by atoms with Crippen LogP contribution in [0.4, 0.5) is 10.1 Å². The number of amides is 2. The zero-order valence-electron chi connectivity index (χ0n) is 19.4. The first-order chi connectivity index (χ1) is 17.5. The van der Waals surface area contributed by atoms with E-state index >= 15 is 0 Å². The molecular formula is C27H23FN4O3S. The van der Waals surface area contributed by atoms with E-state index in [0.717, 1.165) is 17.0 Å². The maximum Gasteiger partial charge on any atom is 0.262 e. The Hall–Kier alpha value is -3.98.